The number of ether oxygens (including phenoxy) is 2. The quantitative estimate of drug-likeness (QED) is 0.106. The zero-order valence-electron chi connectivity index (χ0n) is 21.3. The van der Waals surface area contributed by atoms with E-state index in [4.69, 9.17) is 14.6 Å². The molecule has 0 heterocycles. The summed E-state index contributed by atoms with van der Waals surface area (Å²) in [7, 11) is -15.0. The number of carbonyl (C=O) groups is 2. The number of amides is 1. The molecule has 0 saturated heterocycles. The van der Waals surface area contributed by atoms with Crippen LogP contribution in [-0.2, 0) is 56.0 Å². The van der Waals surface area contributed by atoms with Crippen molar-refractivity contribution in [3.8, 4) is 0 Å². The number of fused-ring (bicyclic) bond motifs is 1. The molecule has 0 atom stereocenters. The van der Waals surface area contributed by atoms with Gasteiger partial charge < -0.3 is 25.2 Å². The Morgan fingerprint density at radius 3 is 1.81 bits per heavy atom. The summed E-state index contributed by atoms with van der Waals surface area (Å²) in [6.07, 6.45) is 0. The van der Waals surface area contributed by atoms with Crippen molar-refractivity contribution in [2.24, 2.45) is 0 Å². The van der Waals surface area contributed by atoms with Gasteiger partial charge in [-0.25, -0.2) is 4.79 Å². The number of carboxylic acid groups (broad SMARTS) is 1. The topological polar surface area (TPSA) is 260 Å². The van der Waals surface area contributed by atoms with Gasteiger partial charge in [-0.3, -0.25) is 18.5 Å². The van der Waals surface area contributed by atoms with E-state index in [1.54, 1.807) is 12.1 Å². The number of carbonyl (C=O) groups excluding carboxylic acids is 1. The predicted molar refractivity (Wildman–Crippen MR) is 145 cm³/mol. The summed E-state index contributed by atoms with van der Waals surface area (Å²) in [5.74, 6) is -1.64. The predicted octanol–water partition coefficient (Wildman–Crippen LogP) is 1.25. The smallest absolute Gasteiger partial charge is 0.329 e. The van der Waals surface area contributed by atoms with E-state index >= 15 is 0 Å². The van der Waals surface area contributed by atoms with Crippen LogP contribution in [0.15, 0.2) is 63.2 Å². The number of nitrogens with one attached hydrogen (secondary N) is 2. The average Bonchev–Trinajstić information content (AvgIpc) is 2.87. The van der Waals surface area contributed by atoms with Gasteiger partial charge in [0.05, 0.1) is 23.0 Å². The highest BCUT2D eigenvalue weighted by Crippen LogP contribution is 2.35. The molecule has 3 aromatic carbocycles. The summed E-state index contributed by atoms with van der Waals surface area (Å²) < 4.78 is 110. The van der Waals surface area contributed by atoms with Crippen molar-refractivity contribution in [3.05, 3.63) is 54.1 Å². The lowest BCUT2D eigenvalue weighted by Crippen LogP contribution is -2.20. The molecule has 0 aliphatic carbocycles. The van der Waals surface area contributed by atoms with Crippen molar-refractivity contribution in [1.82, 2.24) is 0 Å². The van der Waals surface area contributed by atoms with Crippen molar-refractivity contribution in [3.63, 3.8) is 0 Å². The van der Waals surface area contributed by atoms with Crippen LogP contribution < -0.4 is 10.6 Å². The third-order valence-electron chi connectivity index (χ3n) is 5.38. The number of hydrogen-bond donors (Lipinski definition) is 6. The Kier molecular flexibility index (Phi) is 10.2. The summed E-state index contributed by atoms with van der Waals surface area (Å²) in [5, 5.41) is 13.1. The summed E-state index contributed by atoms with van der Waals surface area (Å²) in [6.45, 7) is -0.920. The molecule has 0 radical (unpaired) electrons. The van der Waals surface area contributed by atoms with E-state index in [0.29, 0.717) is 17.3 Å². The molecule has 0 saturated carbocycles. The maximum absolute atomic E-state index is 12.1. The first-order valence-corrected chi connectivity index (χ1v) is 15.8. The van der Waals surface area contributed by atoms with Crippen LogP contribution in [0.2, 0.25) is 0 Å². The third-order valence-corrected chi connectivity index (χ3v) is 7.93. The molecule has 0 fully saturated rings. The van der Waals surface area contributed by atoms with Crippen LogP contribution in [0.1, 0.15) is 5.56 Å². The van der Waals surface area contributed by atoms with E-state index < -0.39 is 63.5 Å². The molecule has 0 aliphatic rings. The van der Waals surface area contributed by atoms with Crippen molar-refractivity contribution in [2.45, 2.75) is 21.2 Å². The normalized spacial score (nSPS) is 12.3. The van der Waals surface area contributed by atoms with Gasteiger partial charge >= 0.3 is 5.97 Å². The molecule has 228 valence electrons. The molecule has 42 heavy (non-hydrogen) atoms. The Bertz CT molecular complexity index is 1820. The first kappa shape index (κ1) is 32.8. The number of carboxylic acids is 1. The molecule has 3 aromatic rings. The van der Waals surface area contributed by atoms with Gasteiger partial charge in [0, 0.05) is 23.3 Å². The molecule has 0 spiro atoms. The third kappa shape index (κ3) is 9.16. The zero-order valence-corrected chi connectivity index (χ0v) is 23.7. The Morgan fingerprint density at radius 1 is 0.738 bits per heavy atom. The Hall–Kier alpha value is -3.69. The summed E-state index contributed by atoms with van der Waals surface area (Å²) in [6, 6.07) is 9.04. The highest BCUT2D eigenvalue weighted by atomic mass is 32.2. The van der Waals surface area contributed by atoms with E-state index in [-0.39, 0.29) is 42.8 Å². The summed E-state index contributed by atoms with van der Waals surface area (Å²) >= 11 is 0. The molecule has 6 N–H and O–H groups in total. The number of rotatable bonds is 14. The summed E-state index contributed by atoms with van der Waals surface area (Å²) in [4.78, 5) is 19.7. The Balaban J connectivity index is 1.81. The molecule has 19 heteroatoms. The number of benzene rings is 3. The fourth-order valence-corrected chi connectivity index (χ4v) is 5.53. The summed E-state index contributed by atoms with van der Waals surface area (Å²) in [5.41, 5.74) is 0.685. The van der Waals surface area contributed by atoms with Gasteiger partial charge in [-0.15, -0.1) is 0 Å². The minimum atomic E-state index is -5.11. The molecule has 0 aliphatic heterocycles. The van der Waals surface area contributed by atoms with Crippen molar-refractivity contribution in [1.29, 1.82) is 0 Å². The van der Waals surface area contributed by atoms with E-state index in [1.807, 2.05) is 0 Å². The number of anilines is 2. The number of hydrogen-bond acceptors (Lipinski definition) is 11. The molecule has 3 rings (SSSR count). The molecule has 1 amide bonds. The lowest BCUT2D eigenvalue weighted by molar-refractivity contribution is -0.143. The highest BCUT2D eigenvalue weighted by Gasteiger charge is 2.24. The van der Waals surface area contributed by atoms with Crippen LogP contribution in [-0.4, -0.2) is 82.3 Å². The second kappa shape index (κ2) is 13.1. The first-order chi connectivity index (χ1) is 19.4. The van der Waals surface area contributed by atoms with Crippen LogP contribution in [0.3, 0.4) is 0 Å². The fourth-order valence-electron chi connectivity index (χ4n) is 3.61. The molecular formula is C23H24N2O14S3. The maximum Gasteiger partial charge on any atom is 0.329 e. The van der Waals surface area contributed by atoms with Crippen molar-refractivity contribution in [2.75, 3.05) is 37.1 Å². The lowest BCUT2D eigenvalue weighted by atomic mass is 10.1. The molecular weight excluding hydrogens is 624 g/mol. The average molecular weight is 649 g/mol. The largest absolute Gasteiger partial charge is 0.480 e. The second-order valence-corrected chi connectivity index (χ2v) is 12.7. The van der Waals surface area contributed by atoms with Gasteiger partial charge in [-0.2, -0.15) is 25.3 Å². The Labute approximate surface area is 239 Å². The van der Waals surface area contributed by atoms with Crippen LogP contribution in [0.25, 0.3) is 10.8 Å². The minimum absolute atomic E-state index is 0.00477. The minimum Gasteiger partial charge on any atom is -0.480 e. The van der Waals surface area contributed by atoms with E-state index in [1.165, 1.54) is 12.1 Å². The van der Waals surface area contributed by atoms with Crippen LogP contribution in [0.4, 0.5) is 11.4 Å². The van der Waals surface area contributed by atoms with E-state index in [0.717, 1.165) is 18.2 Å². The van der Waals surface area contributed by atoms with Gasteiger partial charge in [0.2, 0.25) is 5.91 Å². The van der Waals surface area contributed by atoms with E-state index in [9.17, 15) is 48.5 Å². The SMILES string of the molecule is O=C(O)COCCOCC(=O)Nc1ccc(CNc2cc(S(=O)(=O)O)cc3cc(S(=O)(=O)O)cc(S(=O)(=O)O)c23)cc1. The lowest BCUT2D eigenvalue weighted by Gasteiger charge is -2.15. The zero-order chi connectivity index (χ0) is 31.3. The molecule has 0 bridgehead atoms. The van der Waals surface area contributed by atoms with Gasteiger partial charge in [-0.1, -0.05) is 12.1 Å². The molecule has 0 aromatic heterocycles. The molecule has 0 unspecified atom stereocenters. The second-order valence-electron chi connectivity index (χ2n) is 8.51. The van der Waals surface area contributed by atoms with E-state index in [2.05, 4.69) is 10.6 Å². The first-order valence-electron chi connectivity index (χ1n) is 11.5. The van der Waals surface area contributed by atoms with Crippen LogP contribution in [0, 0.1) is 0 Å². The standard InChI is InChI=1S/C23H24N2O14S3/c26-21(12-38-5-6-39-13-22(27)28)25-16-3-1-14(2-4-16)11-24-19-9-17(40(29,30)31)7-15-8-18(41(32,33)34)10-20(23(15)19)42(35,36)37/h1-4,7-10,24H,5-6,11-13H2,(H,25,26)(H,27,28)(H,29,30,31)(H,32,33,34)(H,35,36,37). The fraction of sp³-hybridized carbons (Fsp3) is 0.217. The van der Waals surface area contributed by atoms with Crippen molar-refractivity contribution < 1.29 is 63.1 Å². The Morgan fingerprint density at radius 2 is 1.29 bits per heavy atom. The van der Waals surface area contributed by atoms with Crippen LogP contribution in [0.5, 0.6) is 0 Å². The van der Waals surface area contributed by atoms with Crippen LogP contribution >= 0.6 is 0 Å². The monoisotopic (exact) mass is 648 g/mol. The van der Waals surface area contributed by atoms with Gasteiger partial charge in [0.25, 0.3) is 30.4 Å². The maximum atomic E-state index is 12.1. The highest BCUT2D eigenvalue weighted by molar-refractivity contribution is 7.87. The number of aliphatic carboxylic acids is 1. The van der Waals surface area contributed by atoms with Gasteiger partial charge in [0.1, 0.15) is 18.1 Å². The molecule has 16 nitrogen and oxygen atoms in total. The van der Waals surface area contributed by atoms with Gasteiger partial charge in [-0.05, 0) is 47.3 Å². The van der Waals surface area contributed by atoms with Gasteiger partial charge in [0.15, 0.2) is 0 Å². The van der Waals surface area contributed by atoms with Crippen molar-refractivity contribution >= 4 is 64.4 Å².